The lowest BCUT2D eigenvalue weighted by molar-refractivity contribution is -0.114. The highest BCUT2D eigenvalue weighted by Crippen LogP contribution is 2.22. The molecule has 0 aliphatic carbocycles. The molecule has 0 fully saturated rings. The van der Waals surface area contributed by atoms with E-state index in [0.29, 0.717) is 11.4 Å². The third kappa shape index (κ3) is 3.74. The van der Waals surface area contributed by atoms with Crippen molar-refractivity contribution in [2.24, 2.45) is 0 Å². The fraction of sp³-hybridized carbons (Fsp3) is 0.200. The molecule has 3 aromatic rings. The number of aryl methyl sites for hydroxylation is 2. The van der Waals surface area contributed by atoms with Crippen LogP contribution in [0, 0.1) is 26.6 Å². The van der Waals surface area contributed by atoms with Gasteiger partial charge in [0.25, 0.3) is 0 Å². The molecule has 5 nitrogen and oxygen atoms in total. The Bertz CT molecular complexity index is 934. The zero-order valence-corrected chi connectivity index (χ0v) is 15.0. The largest absolute Gasteiger partial charge is 0.374 e. The van der Waals surface area contributed by atoms with Crippen LogP contribution in [0.2, 0.25) is 0 Å². The van der Waals surface area contributed by atoms with Gasteiger partial charge in [0.1, 0.15) is 5.82 Å². The zero-order valence-electron chi connectivity index (χ0n) is 15.0. The third-order valence-corrected chi connectivity index (χ3v) is 4.12. The maximum atomic E-state index is 13.8. The van der Waals surface area contributed by atoms with E-state index in [2.05, 4.69) is 15.7 Å². The normalized spacial score (nSPS) is 10.6. The fourth-order valence-corrected chi connectivity index (χ4v) is 2.77. The molecule has 2 N–H and O–H groups in total. The van der Waals surface area contributed by atoms with Gasteiger partial charge in [0, 0.05) is 0 Å². The molecular formula is C20H21FN4O. The SMILES string of the molecule is Cc1ccc(NCC(=O)Nc2c(C)nn(-c3ccccc3)c2C)c(F)c1. The topological polar surface area (TPSA) is 59.0 Å². The summed E-state index contributed by atoms with van der Waals surface area (Å²) >= 11 is 0. The summed E-state index contributed by atoms with van der Waals surface area (Å²) in [5.41, 5.74) is 4.29. The van der Waals surface area contributed by atoms with Crippen molar-refractivity contribution in [3.63, 3.8) is 0 Å². The van der Waals surface area contributed by atoms with Crippen LogP contribution in [0.15, 0.2) is 48.5 Å². The molecule has 0 atom stereocenters. The number of hydrogen-bond acceptors (Lipinski definition) is 3. The molecular weight excluding hydrogens is 331 g/mol. The van der Waals surface area contributed by atoms with E-state index >= 15 is 0 Å². The Morgan fingerprint density at radius 3 is 2.54 bits per heavy atom. The Labute approximate surface area is 151 Å². The highest BCUT2D eigenvalue weighted by Gasteiger charge is 2.15. The van der Waals surface area contributed by atoms with E-state index in [1.807, 2.05) is 51.1 Å². The molecule has 0 saturated heterocycles. The van der Waals surface area contributed by atoms with Gasteiger partial charge in [0.05, 0.1) is 35.0 Å². The molecule has 0 saturated carbocycles. The molecule has 0 bridgehead atoms. The van der Waals surface area contributed by atoms with Crippen LogP contribution in [0.4, 0.5) is 15.8 Å². The second-order valence-electron chi connectivity index (χ2n) is 6.18. The number of nitrogens with one attached hydrogen (secondary N) is 2. The first-order chi connectivity index (χ1) is 12.5. The number of nitrogens with zero attached hydrogens (tertiary/aromatic N) is 2. The van der Waals surface area contributed by atoms with Crippen LogP contribution in [0.5, 0.6) is 0 Å². The number of halogens is 1. The van der Waals surface area contributed by atoms with Gasteiger partial charge in [-0.25, -0.2) is 9.07 Å². The van der Waals surface area contributed by atoms with Crippen LogP contribution in [0.3, 0.4) is 0 Å². The summed E-state index contributed by atoms with van der Waals surface area (Å²) < 4.78 is 15.6. The van der Waals surface area contributed by atoms with E-state index in [4.69, 9.17) is 0 Å². The van der Waals surface area contributed by atoms with E-state index < -0.39 is 0 Å². The molecule has 0 aliphatic rings. The first kappa shape index (κ1) is 17.7. The predicted molar refractivity (Wildman–Crippen MR) is 101 cm³/mol. The van der Waals surface area contributed by atoms with Gasteiger partial charge in [0.2, 0.25) is 5.91 Å². The summed E-state index contributed by atoms with van der Waals surface area (Å²) in [6, 6.07) is 14.6. The highest BCUT2D eigenvalue weighted by molar-refractivity contribution is 5.94. The van der Waals surface area contributed by atoms with E-state index in [9.17, 15) is 9.18 Å². The predicted octanol–water partition coefficient (Wildman–Crippen LogP) is 3.99. The summed E-state index contributed by atoms with van der Waals surface area (Å²) in [5, 5.41) is 10.2. The average Bonchev–Trinajstić information content (AvgIpc) is 2.90. The van der Waals surface area contributed by atoms with Crippen molar-refractivity contribution in [2.45, 2.75) is 20.8 Å². The Morgan fingerprint density at radius 2 is 1.85 bits per heavy atom. The maximum absolute atomic E-state index is 13.8. The number of benzene rings is 2. The van der Waals surface area contributed by atoms with Crippen molar-refractivity contribution in [3.8, 4) is 5.69 Å². The van der Waals surface area contributed by atoms with Crippen LogP contribution in [-0.2, 0) is 4.79 Å². The third-order valence-electron chi connectivity index (χ3n) is 4.12. The molecule has 6 heteroatoms. The number of aromatic nitrogens is 2. The molecule has 1 heterocycles. The molecule has 0 spiro atoms. The summed E-state index contributed by atoms with van der Waals surface area (Å²) in [4.78, 5) is 12.3. The fourth-order valence-electron chi connectivity index (χ4n) is 2.77. The number of para-hydroxylation sites is 1. The second kappa shape index (κ2) is 7.39. The smallest absolute Gasteiger partial charge is 0.243 e. The molecule has 0 radical (unpaired) electrons. The molecule has 3 rings (SSSR count). The minimum atomic E-state index is -0.373. The summed E-state index contributed by atoms with van der Waals surface area (Å²) in [7, 11) is 0. The van der Waals surface area contributed by atoms with Gasteiger partial charge < -0.3 is 10.6 Å². The summed E-state index contributed by atoms with van der Waals surface area (Å²) in [6.45, 7) is 5.52. The van der Waals surface area contributed by atoms with Crippen molar-refractivity contribution in [1.82, 2.24) is 9.78 Å². The van der Waals surface area contributed by atoms with Crippen molar-refractivity contribution in [3.05, 3.63) is 71.3 Å². The van der Waals surface area contributed by atoms with Gasteiger partial charge in [-0.1, -0.05) is 24.3 Å². The minimum absolute atomic E-state index is 0.0324. The molecule has 134 valence electrons. The highest BCUT2D eigenvalue weighted by atomic mass is 19.1. The van der Waals surface area contributed by atoms with Crippen molar-refractivity contribution in [1.29, 1.82) is 0 Å². The summed E-state index contributed by atoms with van der Waals surface area (Å²) in [6.07, 6.45) is 0. The quantitative estimate of drug-likeness (QED) is 0.730. The number of anilines is 2. The lowest BCUT2D eigenvalue weighted by Crippen LogP contribution is -2.22. The van der Waals surface area contributed by atoms with Gasteiger partial charge in [0.15, 0.2) is 0 Å². The Hall–Kier alpha value is -3.15. The minimum Gasteiger partial charge on any atom is -0.374 e. The maximum Gasteiger partial charge on any atom is 0.243 e. The van der Waals surface area contributed by atoms with E-state index in [1.165, 1.54) is 6.07 Å². The zero-order chi connectivity index (χ0) is 18.7. The van der Waals surface area contributed by atoms with E-state index in [-0.39, 0.29) is 18.3 Å². The molecule has 1 aromatic heterocycles. The lowest BCUT2D eigenvalue weighted by atomic mass is 10.2. The lowest BCUT2D eigenvalue weighted by Gasteiger charge is -2.10. The van der Waals surface area contributed by atoms with Crippen LogP contribution >= 0.6 is 0 Å². The first-order valence-corrected chi connectivity index (χ1v) is 8.37. The van der Waals surface area contributed by atoms with Crippen LogP contribution in [-0.4, -0.2) is 22.2 Å². The molecule has 1 amide bonds. The van der Waals surface area contributed by atoms with Gasteiger partial charge in [-0.3, -0.25) is 4.79 Å². The first-order valence-electron chi connectivity index (χ1n) is 8.37. The number of hydrogen-bond donors (Lipinski definition) is 2. The van der Waals surface area contributed by atoms with E-state index in [0.717, 1.165) is 22.6 Å². The van der Waals surface area contributed by atoms with Gasteiger partial charge in [-0.15, -0.1) is 0 Å². The van der Waals surface area contributed by atoms with Crippen molar-refractivity contribution < 1.29 is 9.18 Å². The molecule has 0 aliphatic heterocycles. The number of rotatable bonds is 5. The second-order valence-corrected chi connectivity index (χ2v) is 6.18. The monoisotopic (exact) mass is 352 g/mol. The van der Waals surface area contributed by atoms with Gasteiger partial charge in [-0.05, 0) is 50.6 Å². The molecule has 0 unspecified atom stereocenters. The van der Waals surface area contributed by atoms with Crippen molar-refractivity contribution >= 4 is 17.3 Å². The molecule has 2 aromatic carbocycles. The van der Waals surface area contributed by atoms with Crippen LogP contribution < -0.4 is 10.6 Å². The number of carbonyl (C=O) groups excluding carboxylic acids is 1. The standard InChI is InChI=1S/C20H21FN4O/c1-13-9-10-18(17(21)11-13)22-12-19(26)23-20-14(2)24-25(15(20)3)16-7-5-4-6-8-16/h4-11,22H,12H2,1-3H3,(H,23,26). The van der Waals surface area contributed by atoms with E-state index in [1.54, 1.807) is 16.8 Å². The average molecular weight is 352 g/mol. The Morgan fingerprint density at radius 1 is 1.12 bits per heavy atom. The summed E-state index contributed by atoms with van der Waals surface area (Å²) in [5.74, 6) is -0.633. The van der Waals surface area contributed by atoms with Crippen LogP contribution in [0.1, 0.15) is 17.0 Å². The number of carbonyl (C=O) groups is 1. The van der Waals surface area contributed by atoms with Crippen LogP contribution in [0.25, 0.3) is 5.69 Å². The molecule has 26 heavy (non-hydrogen) atoms. The van der Waals surface area contributed by atoms with Gasteiger partial charge in [-0.2, -0.15) is 5.10 Å². The Balaban J connectivity index is 1.71. The Kier molecular flexibility index (Phi) is 5.02. The van der Waals surface area contributed by atoms with Crippen molar-refractivity contribution in [2.75, 3.05) is 17.2 Å². The van der Waals surface area contributed by atoms with Gasteiger partial charge >= 0.3 is 0 Å². The number of amides is 1.